The number of aryl methyl sites for hydroxylation is 1. The molecule has 7 nitrogen and oxygen atoms in total. The van der Waals surface area contributed by atoms with Crippen LogP contribution in [0.4, 0.5) is 0 Å². The Morgan fingerprint density at radius 1 is 1.14 bits per heavy atom. The van der Waals surface area contributed by atoms with Crippen molar-refractivity contribution < 1.29 is 9.32 Å². The molecule has 144 valence electrons. The van der Waals surface area contributed by atoms with Crippen molar-refractivity contribution in [2.75, 3.05) is 13.1 Å². The molecule has 7 heteroatoms. The molecule has 0 unspecified atom stereocenters. The molecule has 28 heavy (non-hydrogen) atoms. The first-order valence-corrected chi connectivity index (χ1v) is 9.52. The smallest absolute Gasteiger partial charge is 0.226 e. The quantitative estimate of drug-likeness (QED) is 0.708. The standard InChI is InChI=1S/C21H23N5O2/c22-18-14-26(13-17(18)15-5-2-1-3-6-15)20(27)8-4-7-19-24-21(25-28-19)16-9-11-23-12-10-16/h1-3,5-6,9-12,17-18H,4,7-8,13-14,22H2/t17-,18+/m1/s1. The Bertz CT molecular complexity index is 913. The van der Waals surface area contributed by atoms with Crippen LogP contribution in [0.5, 0.6) is 0 Å². The maximum atomic E-state index is 12.6. The highest BCUT2D eigenvalue weighted by molar-refractivity contribution is 5.76. The van der Waals surface area contributed by atoms with E-state index in [4.69, 9.17) is 10.3 Å². The Hall–Kier alpha value is -3.06. The van der Waals surface area contributed by atoms with E-state index in [0.29, 0.717) is 44.1 Å². The number of carbonyl (C=O) groups is 1. The zero-order valence-electron chi connectivity index (χ0n) is 15.6. The summed E-state index contributed by atoms with van der Waals surface area (Å²) in [5.41, 5.74) is 8.34. The van der Waals surface area contributed by atoms with Crippen molar-refractivity contribution in [1.82, 2.24) is 20.0 Å². The fourth-order valence-electron chi connectivity index (χ4n) is 3.61. The topological polar surface area (TPSA) is 98.1 Å². The van der Waals surface area contributed by atoms with E-state index in [1.54, 1.807) is 12.4 Å². The first kappa shape index (κ1) is 18.3. The number of rotatable bonds is 6. The summed E-state index contributed by atoms with van der Waals surface area (Å²) in [5, 5.41) is 3.99. The predicted octanol–water partition coefficient (Wildman–Crippen LogP) is 2.41. The van der Waals surface area contributed by atoms with Crippen LogP contribution in [0.25, 0.3) is 11.4 Å². The van der Waals surface area contributed by atoms with Gasteiger partial charge < -0.3 is 15.2 Å². The summed E-state index contributed by atoms with van der Waals surface area (Å²) in [4.78, 5) is 22.8. The monoisotopic (exact) mass is 377 g/mol. The second kappa shape index (κ2) is 8.31. The Morgan fingerprint density at radius 3 is 2.71 bits per heavy atom. The van der Waals surface area contributed by atoms with Crippen LogP contribution in [0.3, 0.4) is 0 Å². The van der Waals surface area contributed by atoms with E-state index in [0.717, 1.165) is 5.56 Å². The number of likely N-dealkylation sites (tertiary alicyclic amines) is 1. The third kappa shape index (κ3) is 4.09. The minimum Gasteiger partial charge on any atom is -0.340 e. The number of aromatic nitrogens is 3. The first-order valence-electron chi connectivity index (χ1n) is 9.52. The van der Waals surface area contributed by atoms with Crippen LogP contribution >= 0.6 is 0 Å². The summed E-state index contributed by atoms with van der Waals surface area (Å²) in [7, 11) is 0. The van der Waals surface area contributed by atoms with Crippen LogP contribution in [0.15, 0.2) is 59.4 Å². The number of amides is 1. The molecule has 1 aliphatic rings. The van der Waals surface area contributed by atoms with Gasteiger partial charge in [-0.2, -0.15) is 4.98 Å². The number of pyridine rings is 1. The number of nitrogens with zero attached hydrogens (tertiary/aromatic N) is 4. The van der Waals surface area contributed by atoms with Gasteiger partial charge in [0, 0.05) is 55.8 Å². The Kier molecular flexibility index (Phi) is 5.43. The molecule has 0 radical (unpaired) electrons. The van der Waals surface area contributed by atoms with Gasteiger partial charge in [0.2, 0.25) is 17.6 Å². The van der Waals surface area contributed by atoms with Crippen molar-refractivity contribution in [3.63, 3.8) is 0 Å². The molecule has 2 aromatic heterocycles. The van der Waals surface area contributed by atoms with E-state index >= 15 is 0 Å². The van der Waals surface area contributed by atoms with Crippen molar-refractivity contribution in [3.8, 4) is 11.4 Å². The zero-order valence-corrected chi connectivity index (χ0v) is 15.6. The highest BCUT2D eigenvalue weighted by Crippen LogP contribution is 2.27. The van der Waals surface area contributed by atoms with Crippen LogP contribution in [0, 0.1) is 0 Å². The molecule has 2 N–H and O–H groups in total. The molecule has 2 atom stereocenters. The second-order valence-electron chi connectivity index (χ2n) is 7.08. The van der Waals surface area contributed by atoms with E-state index < -0.39 is 0 Å². The average molecular weight is 377 g/mol. The molecular weight excluding hydrogens is 354 g/mol. The number of nitrogens with two attached hydrogens (primary N) is 1. The van der Waals surface area contributed by atoms with Crippen molar-refractivity contribution in [3.05, 3.63) is 66.3 Å². The van der Waals surface area contributed by atoms with Gasteiger partial charge >= 0.3 is 0 Å². The molecule has 3 aromatic rings. The van der Waals surface area contributed by atoms with Crippen molar-refractivity contribution >= 4 is 5.91 Å². The molecule has 0 bridgehead atoms. The molecule has 4 rings (SSSR count). The normalized spacial score (nSPS) is 19.1. The molecule has 1 aromatic carbocycles. The zero-order chi connectivity index (χ0) is 19.3. The van der Waals surface area contributed by atoms with Crippen molar-refractivity contribution in [2.24, 2.45) is 5.73 Å². The van der Waals surface area contributed by atoms with E-state index in [-0.39, 0.29) is 17.9 Å². The molecular formula is C21H23N5O2. The molecule has 1 aliphatic heterocycles. The highest BCUT2D eigenvalue weighted by atomic mass is 16.5. The maximum absolute atomic E-state index is 12.6. The summed E-state index contributed by atoms with van der Waals surface area (Å²) in [6.07, 6.45) is 5.06. The van der Waals surface area contributed by atoms with Crippen molar-refractivity contribution in [2.45, 2.75) is 31.2 Å². The van der Waals surface area contributed by atoms with Crippen molar-refractivity contribution in [1.29, 1.82) is 0 Å². The van der Waals surface area contributed by atoms with Crippen LogP contribution in [-0.4, -0.2) is 45.1 Å². The van der Waals surface area contributed by atoms with Gasteiger partial charge in [0.1, 0.15) is 0 Å². The van der Waals surface area contributed by atoms with Crippen LogP contribution in [0.1, 0.15) is 30.2 Å². The summed E-state index contributed by atoms with van der Waals surface area (Å²) < 4.78 is 5.29. The van der Waals surface area contributed by atoms with Crippen LogP contribution < -0.4 is 5.73 Å². The Morgan fingerprint density at radius 2 is 1.93 bits per heavy atom. The third-order valence-electron chi connectivity index (χ3n) is 5.13. The molecule has 0 aliphatic carbocycles. The van der Waals surface area contributed by atoms with Crippen LogP contribution in [-0.2, 0) is 11.2 Å². The van der Waals surface area contributed by atoms with E-state index in [1.807, 2.05) is 35.2 Å². The Balaban J connectivity index is 1.28. The lowest BCUT2D eigenvalue weighted by atomic mass is 9.95. The largest absolute Gasteiger partial charge is 0.340 e. The SMILES string of the molecule is N[C@H]1CN(C(=O)CCCc2nc(-c3ccncc3)no2)C[C@@H]1c1ccccc1. The minimum absolute atomic E-state index is 0.0230. The van der Waals surface area contributed by atoms with Gasteiger partial charge in [-0.25, -0.2) is 0 Å². The van der Waals surface area contributed by atoms with Gasteiger partial charge in [0.05, 0.1) is 0 Å². The lowest BCUT2D eigenvalue weighted by Gasteiger charge is -2.16. The molecule has 1 saturated heterocycles. The van der Waals surface area contributed by atoms with Crippen LogP contribution in [0.2, 0.25) is 0 Å². The number of hydrogen-bond donors (Lipinski definition) is 1. The van der Waals surface area contributed by atoms with Gasteiger partial charge in [-0.3, -0.25) is 9.78 Å². The third-order valence-corrected chi connectivity index (χ3v) is 5.13. The minimum atomic E-state index is -0.0230. The predicted molar refractivity (Wildman–Crippen MR) is 104 cm³/mol. The molecule has 3 heterocycles. The van der Waals surface area contributed by atoms with Gasteiger partial charge in [0.25, 0.3) is 0 Å². The highest BCUT2D eigenvalue weighted by Gasteiger charge is 2.33. The number of carbonyl (C=O) groups excluding carboxylic acids is 1. The van der Waals surface area contributed by atoms with E-state index in [2.05, 4.69) is 27.3 Å². The molecule has 0 saturated carbocycles. The van der Waals surface area contributed by atoms with E-state index in [1.165, 1.54) is 5.56 Å². The lowest BCUT2D eigenvalue weighted by Crippen LogP contribution is -2.32. The lowest BCUT2D eigenvalue weighted by molar-refractivity contribution is -0.130. The maximum Gasteiger partial charge on any atom is 0.226 e. The van der Waals surface area contributed by atoms with Gasteiger partial charge in [-0.15, -0.1) is 0 Å². The van der Waals surface area contributed by atoms with Gasteiger partial charge in [-0.1, -0.05) is 35.5 Å². The summed E-state index contributed by atoms with van der Waals surface area (Å²) in [6.45, 7) is 1.28. The fourth-order valence-corrected chi connectivity index (χ4v) is 3.61. The Labute approximate surface area is 163 Å². The van der Waals surface area contributed by atoms with Gasteiger partial charge in [0.15, 0.2) is 0 Å². The molecule has 1 amide bonds. The summed E-state index contributed by atoms with van der Waals surface area (Å²) in [6, 6.07) is 13.8. The summed E-state index contributed by atoms with van der Waals surface area (Å²) in [5.74, 6) is 1.41. The number of hydrogen-bond acceptors (Lipinski definition) is 6. The molecule has 0 spiro atoms. The average Bonchev–Trinajstić information content (AvgIpc) is 3.36. The fraction of sp³-hybridized carbons (Fsp3) is 0.333. The van der Waals surface area contributed by atoms with E-state index in [9.17, 15) is 4.79 Å². The second-order valence-corrected chi connectivity index (χ2v) is 7.08. The molecule has 1 fully saturated rings. The summed E-state index contributed by atoms with van der Waals surface area (Å²) >= 11 is 0. The first-order chi connectivity index (χ1) is 13.7. The van der Waals surface area contributed by atoms with Gasteiger partial charge in [-0.05, 0) is 24.1 Å². The number of benzene rings is 1.